The molecule has 0 spiro atoms. The largest absolute Gasteiger partial charge is 0.380 e. The summed E-state index contributed by atoms with van der Waals surface area (Å²) in [6, 6.07) is 2.42. The Morgan fingerprint density at radius 3 is 2.76 bits per heavy atom. The fraction of sp³-hybridized carbons (Fsp3) is 0.733. The first kappa shape index (κ1) is 14.5. The summed E-state index contributed by atoms with van der Waals surface area (Å²) < 4.78 is 10.4. The predicted octanol–water partition coefficient (Wildman–Crippen LogP) is 1.25. The zero-order valence-corrected chi connectivity index (χ0v) is 12.8. The van der Waals surface area contributed by atoms with E-state index in [1.54, 1.807) is 6.07 Å². The second-order valence-electron chi connectivity index (χ2n) is 6.45. The van der Waals surface area contributed by atoms with Crippen molar-refractivity contribution in [3.05, 3.63) is 17.5 Å². The first-order chi connectivity index (χ1) is 10.0. The Bertz CT molecular complexity index is 510. The van der Waals surface area contributed by atoms with E-state index in [1.165, 1.54) is 0 Å². The van der Waals surface area contributed by atoms with E-state index in [2.05, 4.69) is 36.1 Å². The van der Waals surface area contributed by atoms with E-state index in [4.69, 9.17) is 9.26 Å². The highest BCUT2D eigenvalue weighted by Crippen LogP contribution is 2.24. The molecule has 6 nitrogen and oxygen atoms in total. The number of rotatable bonds is 4. The number of nitrogens with zero attached hydrogens (tertiary/aromatic N) is 2. The molecule has 0 unspecified atom stereocenters. The van der Waals surface area contributed by atoms with Crippen LogP contribution in [0.25, 0.3) is 0 Å². The standard InChI is InChI=1S/C15H23N3O3/c1-9(2)18-5-10(3)13(6-18)16-15(19)12-4-14(21-17-12)11-7-20-8-11/h4,9-11,13H,5-8H2,1-3H3,(H,16,19)/t10-,13+/m0/s1. The van der Waals surface area contributed by atoms with E-state index in [0.29, 0.717) is 30.9 Å². The van der Waals surface area contributed by atoms with Crippen LogP contribution in [0.5, 0.6) is 0 Å². The van der Waals surface area contributed by atoms with Gasteiger partial charge in [-0.3, -0.25) is 9.69 Å². The number of aromatic nitrogens is 1. The molecule has 1 N–H and O–H groups in total. The lowest BCUT2D eigenvalue weighted by Gasteiger charge is -2.22. The normalized spacial score (nSPS) is 27.0. The molecule has 3 heterocycles. The maximum atomic E-state index is 12.3. The van der Waals surface area contributed by atoms with Crippen molar-refractivity contribution in [3.8, 4) is 0 Å². The maximum Gasteiger partial charge on any atom is 0.273 e. The van der Waals surface area contributed by atoms with Crippen LogP contribution in [0.15, 0.2) is 10.6 Å². The van der Waals surface area contributed by atoms with Crippen LogP contribution < -0.4 is 5.32 Å². The van der Waals surface area contributed by atoms with Crippen LogP contribution in [0.2, 0.25) is 0 Å². The minimum atomic E-state index is -0.146. The van der Waals surface area contributed by atoms with Gasteiger partial charge in [-0.2, -0.15) is 0 Å². The molecule has 6 heteroatoms. The number of nitrogens with one attached hydrogen (secondary N) is 1. The van der Waals surface area contributed by atoms with Crippen molar-refractivity contribution >= 4 is 5.91 Å². The van der Waals surface area contributed by atoms with Crippen molar-refractivity contribution in [3.63, 3.8) is 0 Å². The summed E-state index contributed by atoms with van der Waals surface area (Å²) in [6.07, 6.45) is 0. The fourth-order valence-corrected chi connectivity index (χ4v) is 2.84. The van der Waals surface area contributed by atoms with E-state index >= 15 is 0 Å². The SMILES string of the molecule is CC(C)N1C[C@H](C)[C@H](NC(=O)c2cc(C3COC3)on2)C1. The molecule has 0 bridgehead atoms. The Balaban J connectivity index is 1.59. The number of carbonyl (C=O) groups is 1. The lowest BCUT2D eigenvalue weighted by atomic mass is 10.0. The highest BCUT2D eigenvalue weighted by Gasteiger charge is 2.33. The highest BCUT2D eigenvalue weighted by molar-refractivity contribution is 5.92. The van der Waals surface area contributed by atoms with E-state index in [9.17, 15) is 4.79 Å². The number of hydrogen-bond acceptors (Lipinski definition) is 5. The molecule has 2 aliphatic rings. The zero-order chi connectivity index (χ0) is 15.0. The summed E-state index contributed by atoms with van der Waals surface area (Å²) in [5.74, 6) is 1.30. The third-order valence-corrected chi connectivity index (χ3v) is 4.49. The van der Waals surface area contributed by atoms with Gasteiger partial charge in [0.2, 0.25) is 0 Å². The minimum Gasteiger partial charge on any atom is -0.380 e. The molecule has 0 aliphatic carbocycles. The Morgan fingerprint density at radius 1 is 1.43 bits per heavy atom. The minimum absolute atomic E-state index is 0.146. The van der Waals surface area contributed by atoms with Crippen LogP contribution in [-0.4, -0.2) is 54.4 Å². The first-order valence-electron chi connectivity index (χ1n) is 7.64. The third kappa shape index (κ3) is 2.96. The third-order valence-electron chi connectivity index (χ3n) is 4.49. The van der Waals surface area contributed by atoms with Crippen LogP contribution in [0.1, 0.15) is 42.9 Å². The topological polar surface area (TPSA) is 67.6 Å². The lowest BCUT2D eigenvalue weighted by Crippen LogP contribution is -2.40. The van der Waals surface area contributed by atoms with Crippen LogP contribution in [0.4, 0.5) is 0 Å². The number of hydrogen-bond donors (Lipinski definition) is 1. The maximum absolute atomic E-state index is 12.3. The molecule has 0 aromatic carbocycles. The molecule has 2 aliphatic heterocycles. The zero-order valence-electron chi connectivity index (χ0n) is 12.8. The molecule has 1 aromatic rings. The number of carbonyl (C=O) groups excluding carboxylic acids is 1. The van der Waals surface area contributed by atoms with Gasteiger partial charge in [0.15, 0.2) is 5.69 Å². The van der Waals surface area contributed by atoms with Gasteiger partial charge in [0.05, 0.1) is 19.1 Å². The average Bonchev–Trinajstić information content (AvgIpc) is 2.95. The van der Waals surface area contributed by atoms with Gasteiger partial charge in [0.25, 0.3) is 5.91 Å². The monoisotopic (exact) mass is 293 g/mol. The Kier molecular flexibility index (Phi) is 3.99. The summed E-state index contributed by atoms with van der Waals surface area (Å²) in [4.78, 5) is 14.7. The molecule has 2 fully saturated rings. The van der Waals surface area contributed by atoms with Gasteiger partial charge in [-0.25, -0.2) is 0 Å². The smallest absolute Gasteiger partial charge is 0.273 e. The highest BCUT2D eigenvalue weighted by atomic mass is 16.5. The Labute approximate surface area is 124 Å². The molecule has 3 rings (SSSR count). The summed E-state index contributed by atoms with van der Waals surface area (Å²) >= 11 is 0. The number of likely N-dealkylation sites (tertiary alicyclic amines) is 1. The summed E-state index contributed by atoms with van der Waals surface area (Å²) in [6.45, 7) is 9.76. The van der Waals surface area contributed by atoms with E-state index in [1.807, 2.05) is 0 Å². The molecule has 2 saturated heterocycles. The van der Waals surface area contributed by atoms with Gasteiger partial charge in [-0.05, 0) is 19.8 Å². The van der Waals surface area contributed by atoms with Crippen molar-refractivity contribution in [1.29, 1.82) is 0 Å². The lowest BCUT2D eigenvalue weighted by molar-refractivity contribution is -0.00228. The first-order valence-corrected chi connectivity index (χ1v) is 7.64. The molecule has 21 heavy (non-hydrogen) atoms. The van der Waals surface area contributed by atoms with Crippen LogP contribution in [0, 0.1) is 5.92 Å². The van der Waals surface area contributed by atoms with Crippen molar-refractivity contribution in [2.75, 3.05) is 26.3 Å². The Morgan fingerprint density at radius 2 is 2.19 bits per heavy atom. The summed E-state index contributed by atoms with van der Waals surface area (Å²) in [5, 5.41) is 6.97. The number of amides is 1. The molecular weight excluding hydrogens is 270 g/mol. The molecule has 2 atom stereocenters. The summed E-state index contributed by atoms with van der Waals surface area (Å²) in [7, 11) is 0. The number of ether oxygens (including phenoxy) is 1. The van der Waals surface area contributed by atoms with E-state index in [0.717, 1.165) is 18.8 Å². The van der Waals surface area contributed by atoms with Gasteiger partial charge in [-0.1, -0.05) is 12.1 Å². The van der Waals surface area contributed by atoms with E-state index < -0.39 is 0 Å². The average molecular weight is 293 g/mol. The van der Waals surface area contributed by atoms with Gasteiger partial charge >= 0.3 is 0 Å². The molecule has 1 aromatic heterocycles. The molecule has 0 saturated carbocycles. The molecule has 0 radical (unpaired) electrons. The second-order valence-corrected chi connectivity index (χ2v) is 6.45. The second kappa shape index (κ2) is 5.77. The summed E-state index contributed by atoms with van der Waals surface area (Å²) in [5.41, 5.74) is 0.368. The molecule has 1 amide bonds. The van der Waals surface area contributed by atoms with Crippen molar-refractivity contribution < 1.29 is 14.1 Å². The van der Waals surface area contributed by atoms with Gasteiger partial charge in [-0.15, -0.1) is 0 Å². The van der Waals surface area contributed by atoms with Crippen LogP contribution >= 0.6 is 0 Å². The molecule has 116 valence electrons. The fourth-order valence-electron chi connectivity index (χ4n) is 2.84. The quantitative estimate of drug-likeness (QED) is 0.905. The van der Waals surface area contributed by atoms with Crippen LogP contribution in [0.3, 0.4) is 0 Å². The van der Waals surface area contributed by atoms with Crippen LogP contribution in [-0.2, 0) is 4.74 Å². The van der Waals surface area contributed by atoms with Gasteiger partial charge in [0, 0.05) is 31.2 Å². The van der Waals surface area contributed by atoms with Crippen molar-refractivity contribution in [1.82, 2.24) is 15.4 Å². The van der Waals surface area contributed by atoms with E-state index in [-0.39, 0.29) is 17.9 Å². The van der Waals surface area contributed by atoms with Gasteiger partial charge < -0.3 is 14.6 Å². The van der Waals surface area contributed by atoms with Crippen molar-refractivity contribution in [2.45, 2.75) is 38.8 Å². The predicted molar refractivity (Wildman–Crippen MR) is 77.2 cm³/mol. The van der Waals surface area contributed by atoms with Gasteiger partial charge in [0.1, 0.15) is 5.76 Å². The Hall–Kier alpha value is -1.40. The molecular formula is C15H23N3O3. The van der Waals surface area contributed by atoms with Crippen molar-refractivity contribution in [2.24, 2.45) is 5.92 Å².